The van der Waals surface area contributed by atoms with Crippen molar-refractivity contribution in [2.24, 2.45) is 0 Å². The molecule has 4 heteroatoms. The van der Waals surface area contributed by atoms with Crippen molar-refractivity contribution < 1.29 is 14.9 Å². The lowest BCUT2D eigenvalue weighted by Gasteiger charge is -2.21. The molecule has 0 rings (SSSR count). The van der Waals surface area contributed by atoms with Gasteiger partial charge in [-0.3, -0.25) is 5.32 Å². The van der Waals surface area contributed by atoms with Gasteiger partial charge in [0.05, 0.1) is 12.7 Å². The Morgan fingerprint density at radius 2 is 2.00 bits per heavy atom. The molecule has 0 saturated heterocycles. The van der Waals surface area contributed by atoms with Crippen LogP contribution in [0.4, 0.5) is 0 Å². The number of nitrogens with one attached hydrogen (secondary N) is 1. The summed E-state index contributed by atoms with van der Waals surface area (Å²) in [6.07, 6.45) is 3.72. The highest BCUT2D eigenvalue weighted by atomic mass is 16.5. The lowest BCUT2D eigenvalue weighted by atomic mass is 10.2. The molecule has 3 N–H and O–H groups in total. The summed E-state index contributed by atoms with van der Waals surface area (Å²) in [5.74, 6) is 0. The molecule has 0 bridgehead atoms. The fourth-order valence-electron chi connectivity index (χ4n) is 1.31. The van der Waals surface area contributed by atoms with Crippen LogP contribution >= 0.6 is 0 Å². The number of ether oxygens (including phenoxy) is 1. The second-order valence-corrected chi connectivity index (χ2v) is 3.77. The standard InChI is InChI=1S/C11H25NO3/c1-3-4-5-6-9-15-11(10(2)14)12-7-8-13/h10-14H,3-9H2,1-2H3. The monoisotopic (exact) mass is 219 g/mol. The summed E-state index contributed by atoms with van der Waals surface area (Å²) in [6, 6.07) is 0. The Hall–Kier alpha value is -0.160. The summed E-state index contributed by atoms with van der Waals surface area (Å²) in [7, 11) is 0. The van der Waals surface area contributed by atoms with Crippen LogP contribution in [0, 0.1) is 0 Å². The van der Waals surface area contributed by atoms with Crippen LogP contribution in [-0.2, 0) is 4.74 Å². The van der Waals surface area contributed by atoms with Gasteiger partial charge in [0.25, 0.3) is 0 Å². The van der Waals surface area contributed by atoms with E-state index in [1.165, 1.54) is 19.3 Å². The van der Waals surface area contributed by atoms with E-state index in [-0.39, 0.29) is 12.8 Å². The Balaban J connectivity index is 3.48. The van der Waals surface area contributed by atoms with Gasteiger partial charge in [0.2, 0.25) is 0 Å². The molecule has 0 aromatic rings. The zero-order valence-electron chi connectivity index (χ0n) is 9.91. The first-order valence-corrected chi connectivity index (χ1v) is 5.86. The minimum Gasteiger partial charge on any atom is -0.395 e. The molecule has 92 valence electrons. The normalized spacial score (nSPS) is 15.2. The van der Waals surface area contributed by atoms with Crippen LogP contribution in [0.5, 0.6) is 0 Å². The number of unbranched alkanes of at least 4 members (excludes halogenated alkanes) is 3. The van der Waals surface area contributed by atoms with E-state index in [0.29, 0.717) is 13.2 Å². The molecular weight excluding hydrogens is 194 g/mol. The Morgan fingerprint density at radius 3 is 2.53 bits per heavy atom. The van der Waals surface area contributed by atoms with Gasteiger partial charge in [-0.1, -0.05) is 26.2 Å². The zero-order valence-corrected chi connectivity index (χ0v) is 9.91. The van der Waals surface area contributed by atoms with Crippen molar-refractivity contribution in [3.8, 4) is 0 Å². The molecule has 0 aliphatic heterocycles. The molecule has 0 radical (unpaired) electrons. The molecule has 0 aromatic carbocycles. The second kappa shape index (κ2) is 10.4. The largest absolute Gasteiger partial charge is 0.395 e. The van der Waals surface area contributed by atoms with Crippen molar-refractivity contribution in [3.05, 3.63) is 0 Å². The van der Waals surface area contributed by atoms with E-state index >= 15 is 0 Å². The molecule has 0 heterocycles. The molecule has 0 fully saturated rings. The summed E-state index contributed by atoms with van der Waals surface area (Å²) < 4.78 is 5.48. The van der Waals surface area contributed by atoms with Crippen molar-refractivity contribution in [1.82, 2.24) is 5.32 Å². The number of rotatable bonds is 10. The topological polar surface area (TPSA) is 61.7 Å². The third-order valence-corrected chi connectivity index (χ3v) is 2.19. The predicted octanol–water partition coefficient (Wildman–Crippen LogP) is 0.872. The lowest BCUT2D eigenvalue weighted by Crippen LogP contribution is -2.42. The quantitative estimate of drug-likeness (QED) is 0.377. The molecule has 0 spiro atoms. The molecule has 0 aliphatic carbocycles. The molecule has 2 atom stereocenters. The first-order chi connectivity index (χ1) is 7.22. The maximum absolute atomic E-state index is 9.37. The van der Waals surface area contributed by atoms with Crippen molar-refractivity contribution in [3.63, 3.8) is 0 Å². The van der Waals surface area contributed by atoms with Crippen LogP contribution in [0.1, 0.15) is 39.5 Å². The van der Waals surface area contributed by atoms with Crippen molar-refractivity contribution in [2.75, 3.05) is 19.8 Å². The first-order valence-electron chi connectivity index (χ1n) is 5.86. The summed E-state index contributed by atoms with van der Waals surface area (Å²) >= 11 is 0. The molecule has 2 unspecified atom stereocenters. The molecule has 0 aromatic heterocycles. The van der Waals surface area contributed by atoms with Crippen molar-refractivity contribution in [1.29, 1.82) is 0 Å². The fourth-order valence-corrected chi connectivity index (χ4v) is 1.31. The number of hydrogen-bond donors (Lipinski definition) is 3. The second-order valence-electron chi connectivity index (χ2n) is 3.77. The van der Waals surface area contributed by atoms with Crippen molar-refractivity contribution >= 4 is 0 Å². The molecule has 4 nitrogen and oxygen atoms in total. The van der Waals surface area contributed by atoms with Crippen LogP contribution in [0.2, 0.25) is 0 Å². The average Bonchev–Trinajstić information content (AvgIpc) is 2.21. The first kappa shape index (κ1) is 14.8. The van der Waals surface area contributed by atoms with Gasteiger partial charge in [0.1, 0.15) is 6.23 Å². The Labute approximate surface area is 92.6 Å². The lowest BCUT2D eigenvalue weighted by molar-refractivity contribution is -0.0506. The van der Waals surface area contributed by atoms with Gasteiger partial charge >= 0.3 is 0 Å². The third-order valence-electron chi connectivity index (χ3n) is 2.19. The van der Waals surface area contributed by atoms with Gasteiger partial charge in [-0.15, -0.1) is 0 Å². The predicted molar refractivity (Wildman–Crippen MR) is 60.7 cm³/mol. The van der Waals surface area contributed by atoms with E-state index in [1.54, 1.807) is 6.92 Å². The fraction of sp³-hybridized carbons (Fsp3) is 1.00. The maximum Gasteiger partial charge on any atom is 0.134 e. The van der Waals surface area contributed by atoms with Gasteiger partial charge in [-0.25, -0.2) is 0 Å². The average molecular weight is 219 g/mol. The van der Waals surface area contributed by atoms with E-state index < -0.39 is 6.10 Å². The molecule has 0 amide bonds. The number of hydrogen-bond acceptors (Lipinski definition) is 4. The van der Waals surface area contributed by atoms with Crippen LogP contribution in [0.25, 0.3) is 0 Å². The van der Waals surface area contributed by atoms with E-state index in [9.17, 15) is 5.11 Å². The minimum absolute atomic E-state index is 0.0580. The summed E-state index contributed by atoms with van der Waals surface area (Å²) in [5.41, 5.74) is 0. The summed E-state index contributed by atoms with van der Waals surface area (Å²) in [5, 5.41) is 20.9. The Bertz CT molecular complexity index is 131. The maximum atomic E-state index is 9.37. The van der Waals surface area contributed by atoms with Crippen LogP contribution in [0.15, 0.2) is 0 Å². The third kappa shape index (κ3) is 8.81. The Kier molecular flexibility index (Phi) is 10.3. The van der Waals surface area contributed by atoms with Gasteiger partial charge in [0, 0.05) is 13.2 Å². The molecule has 0 aliphatic rings. The number of aliphatic hydroxyl groups excluding tert-OH is 2. The van der Waals surface area contributed by atoms with Crippen molar-refractivity contribution in [2.45, 2.75) is 51.9 Å². The van der Waals surface area contributed by atoms with Crippen LogP contribution in [0.3, 0.4) is 0 Å². The van der Waals surface area contributed by atoms with Gasteiger partial charge in [-0.05, 0) is 13.3 Å². The smallest absolute Gasteiger partial charge is 0.134 e. The van der Waals surface area contributed by atoms with E-state index in [0.717, 1.165) is 6.42 Å². The molecular formula is C11H25NO3. The van der Waals surface area contributed by atoms with Gasteiger partial charge in [-0.2, -0.15) is 0 Å². The highest BCUT2D eigenvalue weighted by Gasteiger charge is 2.13. The SMILES string of the molecule is CCCCCCOC(NCCO)C(C)O. The highest BCUT2D eigenvalue weighted by Crippen LogP contribution is 2.02. The molecule has 0 saturated carbocycles. The summed E-state index contributed by atoms with van der Waals surface area (Å²) in [6.45, 7) is 5.02. The Morgan fingerprint density at radius 1 is 1.27 bits per heavy atom. The van der Waals surface area contributed by atoms with Gasteiger partial charge < -0.3 is 14.9 Å². The summed E-state index contributed by atoms with van der Waals surface area (Å²) in [4.78, 5) is 0. The van der Waals surface area contributed by atoms with Crippen LogP contribution in [-0.4, -0.2) is 42.3 Å². The number of aliphatic hydroxyl groups is 2. The van der Waals surface area contributed by atoms with Crippen LogP contribution < -0.4 is 5.32 Å². The molecule has 15 heavy (non-hydrogen) atoms. The van der Waals surface area contributed by atoms with E-state index in [4.69, 9.17) is 9.84 Å². The minimum atomic E-state index is -0.553. The van der Waals surface area contributed by atoms with E-state index in [1.807, 2.05) is 0 Å². The van der Waals surface area contributed by atoms with Gasteiger partial charge in [0.15, 0.2) is 0 Å². The van der Waals surface area contributed by atoms with E-state index in [2.05, 4.69) is 12.2 Å². The highest BCUT2D eigenvalue weighted by molar-refractivity contribution is 4.61. The zero-order chi connectivity index (χ0) is 11.5.